The Morgan fingerprint density at radius 1 is 1.19 bits per heavy atom. The number of hydrogen-bond donors (Lipinski definition) is 1. The molecule has 0 atom stereocenters. The molecule has 6 heteroatoms. The lowest BCUT2D eigenvalue weighted by Gasteiger charge is -2.10. The summed E-state index contributed by atoms with van der Waals surface area (Å²) in [5.41, 5.74) is 2.93. The quantitative estimate of drug-likeness (QED) is 0.649. The van der Waals surface area contributed by atoms with Crippen molar-refractivity contribution in [1.82, 2.24) is 0 Å². The lowest BCUT2D eigenvalue weighted by Crippen LogP contribution is -2.16. The number of methoxy groups -OCH3 is 1. The number of ether oxygens (including phenoxy) is 1. The van der Waals surface area contributed by atoms with E-state index < -0.39 is 5.63 Å². The molecule has 3 aromatic rings. The van der Waals surface area contributed by atoms with E-state index in [-0.39, 0.29) is 12.3 Å². The molecule has 0 aliphatic heterocycles. The Kier molecular flexibility index (Phi) is 5.51. The second-order valence-corrected chi connectivity index (χ2v) is 6.77. The Bertz CT molecular complexity index is 1070. The normalized spacial score (nSPS) is 10.8. The number of fused-ring (bicyclic) bond motifs is 1. The third-order valence-corrected chi connectivity index (χ3v) is 4.96. The number of halogens is 1. The molecule has 0 aliphatic rings. The third kappa shape index (κ3) is 4.14. The van der Waals surface area contributed by atoms with Crippen LogP contribution in [0.3, 0.4) is 0 Å². The van der Waals surface area contributed by atoms with Gasteiger partial charge in [0.1, 0.15) is 11.3 Å². The van der Waals surface area contributed by atoms with Crippen LogP contribution in [0, 0.1) is 13.8 Å². The molecule has 0 saturated carbocycles. The molecule has 0 aliphatic carbocycles. The van der Waals surface area contributed by atoms with Gasteiger partial charge in [-0.15, -0.1) is 0 Å². The minimum Gasteiger partial charge on any atom is -0.497 e. The van der Waals surface area contributed by atoms with E-state index in [1.807, 2.05) is 32.0 Å². The molecule has 27 heavy (non-hydrogen) atoms. The van der Waals surface area contributed by atoms with Gasteiger partial charge in [0, 0.05) is 34.1 Å². The molecule has 1 heterocycles. The predicted molar refractivity (Wildman–Crippen MR) is 107 cm³/mol. The topological polar surface area (TPSA) is 68.5 Å². The number of nitrogens with one attached hydrogen (secondary N) is 1. The summed E-state index contributed by atoms with van der Waals surface area (Å²) in [7, 11) is 1.56. The molecule has 0 unspecified atom stereocenters. The van der Waals surface area contributed by atoms with Crippen LogP contribution in [0.1, 0.15) is 23.1 Å². The van der Waals surface area contributed by atoms with Gasteiger partial charge in [0.25, 0.3) is 0 Å². The van der Waals surface area contributed by atoms with Crippen molar-refractivity contribution in [3.63, 3.8) is 0 Å². The van der Waals surface area contributed by atoms with Gasteiger partial charge in [-0.1, -0.05) is 17.7 Å². The Hall–Kier alpha value is -2.79. The molecular formula is C21H20ClNO4. The summed E-state index contributed by atoms with van der Waals surface area (Å²) >= 11 is 6.07. The van der Waals surface area contributed by atoms with E-state index in [0.717, 1.165) is 16.5 Å². The van der Waals surface area contributed by atoms with E-state index >= 15 is 0 Å². The fourth-order valence-corrected chi connectivity index (χ4v) is 3.10. The van der Waals surface area contributed by atoms with Gasteiger partial charge < -0.3 is 14.5 Å². The van der Waals surface area contributed by atoms with E-state index in [4.69, 9.17) is 20.8 Å². The van der Waals surface area contributed by atoms with E-state index in [1.165, 1.54) is 0 Å². The van der Waals surface area contributed by atoms with Gasteiger partial charge in [-0.05, 0) is 55.7 Å². The summed E-state index contributed by atoms with van der Waals surface area (Å²) < 4.78 is 10.6. The maximum absolute atomic E-state index is 12.3. The first kappa shape index (κ1) is 19.0. The molecule has 140 valence electrons. The van der Waals surface area contributed by atoms with Crippen LogP contribution in [-0.4, -0.2) is 13.0 Å². The van der Waals surface area contributed by atoms with Crippen molar-refractivity contribution in [2.45, 2.75) is 26.7 Å². The number of hydrogen-bond acceptors (Lipinski definition) is 4. The van der Waals surface area contributed by atoms with Gasteiger partial charge in [-0.25, -0.2) is 4.79 Å². The lowest BCUT2D eigenvalue weighted by molar-refractivity contribution is -0.116. The SMILES string of the molecule is COc1ccc2c(C)c(CCC(=O)Nc3ccc(C)c(Cl)c3)c(=O)oc2c1. The van der Waals surface area contributed by atoms with E-state index in [1.54, 1.807) is 25.3 Å². The number of carbonyl (C=O) groups is 1. The van der Waals surface area contributed by atoms with Crippen LogP contribution in [0.25, 0.3) is 11.0 Å². The zero-order valence-corrected chi connectivity index (χ0v) is 16.1. The van der Waals surface area contributed by atoms with Gasteiger partial charge in [-0.3, -0.25) is 4.79 Å². The molecule has 0 saturated heterocycles. The Morgan fingerprint density at radius 2 is 1.96 bits per heavy atom. The number of carbonyl (C=O) groups excluding carboxylic acids is 1. The number of aryl methyl sites for hydroxylation is 2. The van der Waals surface area contributed by atoms with Gasteiger partial charge in [-0.2, -0.15) is 0 Å². The van der Waals surface area contributed by atoms with E-state index in [0.29, 0.717) is 34.0 Å². The predicted octanol–water partition coefficient (Wildman–Crippen LogP) is 4.64. The summed E-state index contributed by atoms with van der Waals surface area (Å²) in [5.74, 6) is 0.428. The van der Waals surface area contributed by atoms with Crippen molar-refractivity contribution < 1.29 is 13.9 Å². The highest BCUT2D eigenvalue weighted by atomic mass is 35.5. The summed E-state index contributed by atoms with van der Waals surface area (Å²) in [6.45, 7) is 3.75. The van der Waals surface area contributed by atoms with Crippen LogP contribution >= 0.6 is 11.6 Å². The fraction of sp³-hybridized carbons (Fsp3) is 0.238. The molecule has 1 amide bonds. The van der Waals surface area contributed by atoms with Crippen LogP contribution in [0.2, 0.25) is 5.02 Å². The van der Waals surface area contributed by atoms with Crippen LogP contribution in [0.15, 0.2) is 45.6 Å². The monoisotopic (exact) mass is 385 g/mol. The van der Waals surface area contributed by atoms with E-state index in [9.17, 15) is 9.59 Å². The highest BCUT2D eigenvalue weighted by Crippen LogP contribution is 2.25. The van der Waals surface area contributed by atoms with Crippen molar-refractivity contribution in [3.8, 4) is 5.75 Å². The summed E-state index contributed by atoms with van der Waals surface area (Å²) in [6.07, 6.45) is 0.459. The van der Waals surface area contributed by atoms with Crippen molar-refractivity contribution >= 4 is 34.2 Å². The largest absolute Gasteiger partial charge is 0.497 e. The number of amides is 1. The molecule has 2 aromatic carbocycles. The van der Waals surface area contributed by atoms with Crippen LogP contribution in [0.5, 0.6) is 5.75 Å². The summed E-state index contributed by atoms with van der Waals surface area (Å²) in [4.78, 5) is 24.6. The van der Waals surface area contributed by atoms with Gasteiger partial charge in [0.05, 0.1) is 7.11 Å². The second-order valence-electron chi connectivity index (χ2n) is 6.37. The highest BCUT2D eigenvalue weighted by molar-refractivity contribution is 6.31. The highest BCUT2D eigenvalue weighted by Gasteiger charge is 2.14. The molecule has 0 radical (unpaired) electrons. The average Bonchev–Trinajstić information content (AvgIpc) is 2.64. The minimum atomic E-state index is -0.431. The first-order valence-corrected chi connectivity index (χ1v) is 8.93. The average molecular weight is 386 g/mol. The van der Waals surface area contributed by atoms with Gasteiger partial charge in [0.15, 0.2) is 0 Å². The number of benzene rings is 2. The van der Waals surface area contributed by atoms with Crippen molar-refractivity contribution in [1.29, 1.82) is 0 Å². The molecule has 3 rings (SSSR count). The molecule has 0 fully saturated rings. The van der Waals surface area contributed by atoms with Crippen LogP contribution < -0.4 is 15.7 Å². The summed E-state index contributed by atoms with van der Waals surface area (Å²) in [6, 6.07) is 10.7. The van der Waals surface area contributed by atoms with Crippen molar-refractivity contribution in [2.24, 2.45) is 0 Å². The molecule has 5 nitrogen and oxygen atoms in total. The Morgan fingerprint density at radius 3 is 2.67 bits per heavy atom. The van der Waals surface area contributed by atoms with Gasteiger partial charge in [0.2, 0.25) is 5.91 Å². The Balaban J connectivity index is 1.77. The first-order valence-electron chi connectivity index (χ1n) is 8.55. The number of anilines is 1. The van der Waals surface area contributed by atoms with Crippen LogP contribution in [-0.2, 0) is 11.2 Å². The van der Waals surface area contributed by atoms with E-state index in [2.05, 4.69) is 5.32 Å². The molecule has 0 bridgehead atoms. The van der Waals surface area contributed by atoms with Crippen molar-refractivity contribution in [3.05, 3.63) is 68.5 Å². The maximum Gasteiger partial charge on any atom is 0.339 e. The molecule has 0 spiro atoms. The smallest absolute Gasteiger partial charge is 0.339 e. The summed E-state index contributed by atoms with van der Waals surface area (Å²) in [5, 5.41) is 4.22. The zero-order valence-electron chi connectivity index (χ0n) is 15.4. The van der Waals surface area contributed by atoms with Crippen molar-refractivity contribution in [2.75, 3.05) is 12.4 Å². The number of rotatable bonds is 5. The standard InChI is InChI=1S/C21H20ClNO4/c1-12-4-5-14(10-18(12)22)23-20(24)9-8-17-13(2)16-7-6-15(26-3)11-19(16)27-21(17)25/h4-7,10-11H,8-9H2,1-3H3,(H,23,24). The second kappa shape index (κ2) is 7.84. The first-order chi connectivity index (χ1) is 12.9. The van der Waals surface area contributed by atoms with Crippen LogP contribution in [0.4, 0.5) is 5.69 Å². The van der Waals surface area contributed by atoms with Gasteiger partial charge >= 0.3 is 5.63 Å². The minimum absolute atomic E-state index is 0.165. The zero-order chi connectivity index (χ0) is 19.6. The lowest BCUT2D eigenvalue weighted by atomic mass is 10.0. The maximum atomic E-state index is 12.3. The Labute approximate surface area is 161 Å². The molecular weight excluding hydrogens is 366 g/mol. The molecule has 1 aromatic heterocycles. The third-order valence-electron chi connectivity index (χ3n) is 4.55. The molecule has 1 N–H and O–H groups in total. The fourth-order valence-electron chi connectivity index (χ4n) is 2.92.